The fourth-order valence-electron chi connectivity index (χ4n) is 3.16. The van der Waals surface area contributed by atoms with E-state index in [0.717, 1.165) is 34.8 Å². The topological polar surface area (TPSA) is 76.9 Å². The van der Waals surface area contributed by atoms with E-state index in [9.17, 15) is 0 Å². The van der Waals surface area contributed by atoms with Gasteiger partial charge in [0.1, 0.15) is 11.4 Å². The molecular formula is C19H22IN5O. The van der Waals surface area contributed by atoms with Crippen LogP contribution in [0.25, 0.3) is 5.65 Å². The molecule has 0 amide bonds. The summed E-state index contributed by atoms with van der Waals surface area (Å²) in [6, 6.07) is 14.2. The summed E-state index contributed by atoms with van der Waals surface area (Å²) in [6.45, 7) is 3.18. The molecule has 1 unspecified atom stereocenters. The number of fused-ring (bicyclic) bond motifs is 2. The molecule has 7 heteroatoms. The van der Waals surface area contributed by atoms with Gasteiger partial charge in [-0.3, -0.25) is 0 Å². The van der Waals surface area contributed by atoms with Crippen LogP contribution in [-0.4, -0.2) is 22.0 Å². The Kier molecular flexibility index (Phi) is 5.65. The average Bonchev–Trinajstić information content (AvgIpc) is 3.05. The van der Waals surface area contributed by atoms with Crippen LogP contribution in [-0.2, 0) is 6.54 Å². The van der Waals surface area contributed by atoms with Gasteiger partial charge in [0.05, 0.1) is 24.9 Å². The van der Waals surface area contributed by atoms with Crippen LogP contribution in [0.2, 0.25) is 0 Å². The first-order chi connectivity index (χ1) is 12.2. The Balaban J connectivity index is 0.00000196. The van der Waals surface area contributed by atoms with E-state index in [1.807, 2.05) is 36.5 Å². The summed E-state index contributed by atoms with van der Waals surface area (Å²) in [5.41, 5.74) is 10.2. The standard InChI is InChI=1S/C19H21N5O.HI/c1-13-5-4-8-18-22-14(12-24(13)18)11-21-19(20)23-16-9-10-25-17-7-3-2-6-15(16)17;/h2-8,12,16H,9-11H2,1H3,(H3,20,21,23);1H. The lowest BCUT2D eigenvalue weighted by atomic mass is 10.0. The second kappa shape index (κ2) is 7.94. The molecular weight excluding hydrogens is 441 g/mol. The van der Waals surface area contributed by atoms with E-state index in [4.69, 9.17) is 10.5 Å². The summed E-state index contributed by atoms with van der Waals surface area (Å²) in [6.07, 6.45) is 2.87. The summed E-state index contributed by atoms with van der Waals surface area (Å²) in [4.78, 5) is 9.03. The Hall–Kier alpha value is -2.29. The number of imidazole rings is 1. The number of pyridine rings is 1. The molecule has 136 valence electrons. The van der Waals surface area contributed by atoms with Crippen molar-refractivity contribution in [3.05, 3.63) is 65.6 Å². The summed E-state index contributed by atoms with van der Waals surface area (Å²) in [5.74, 6) is 1.34. The van der Waals surface area contributed by atoms with Gasteiger partial charge >= 0.3 is 0 Å². The predicted molar refractivity (Wildman–Crippen MR) is 113 cm³/mol. The first-order valence-corrected chi connectivity index (χ1v) is 8.42. The third-order valence-corrected chi connectivity index (χ3v) is 4.44. The molecule has 3 aromatic rings. The molecule has 3 heterocycles. The Morgan fingerprint density at radius 2 is 2.15 bits per heavy atom. The SMILES string of the molecule is Cc1cccc2nc(CN=C(N)NC3CCOc4ccccc43)cn12.I. The fraction of sp³-hybridized carbons (Fsp3) is 0.263. The Morgan fingerprint density at radius 1 is 1.31 bits per heavy atom. The number of nitrogens with one attached hydrogen (secondary N) is 1. The number of ether oxygens (including phenoxy) is 1. The molecule has 3 N–H and O–H groups in total. The lowest BCUT2D eigenvalue weighted by Gasteiger charge is -2.26. The molecule has 1 atom stereocenters. The van der Waals surface area contributed by atoms with Crippen LogP contribution in [0.15, 0.2) is 53.7 Å². The highest BCUT2D eigenvalue weighted by atomic mass is 127. The van der Waals surface area contributed by atoms with Crippen LogP contribution >= 0.6 is 24.0 Å². The number of aryl methyl sites for hydroxylation is 1. The van der Waals surface area contributed by atoms with E-state index >= 15 is 0 Å². The van der Waals surface area contributed by atoms with Gasteiger partial charge in [0.15, 0.2) is 5.96 Å². The highest BCUT2D eigenvalue weighted by Gasteiger charge is 2.21. The molecule has 4 rings (SSSR count). The second-order valence-electron chi connectivity index (χ2n) is 6.20. The molecule has 0 radical (unpaired) electrons. The van der Waals surface area contributed by atoms with Crippen molar-refractivity contribution in [2.24, 2.45) is 10.7 Å². The van der Waals surface area contributed by atoms with E-state index < -0.39 is 0 Å². The Labute approximate surface area is 169 Å². The normalized spacial score (nSPS) is 16.5. The van der Waals surface area contributed by atoms with Gasteiger partial charge in [-0.1, -0.05) is 24.3 Å². The van der Waals surface area contributed by atoms with Crippen LogP contribution in [0.4, 0.5) is 0 Å². The Morgan fingerprint density at radius 3 is 3.00 bits per heavy atom. The number of aromatic nitrogens is 2. The van der Waals surface area contributed by atoms with Crippen molar-refractivity contribution in [3.63, 3.8) is 0 Å². The number of hydrogen-bond acceptors (Lipinski definition) is 3. The van der Waals surface area contributed by atoms with E-state index in [1.54, 1.807) is 0 Å². The number of aliphatic imine (C=N–C) groups is 1. The number of nitrogens with zero attached hydrogens (tertiary/aromatic N) is 3. The summed E-state index contributed by atoms with van der Waals surface area (Å²) in [5, 5.41) is 3.30. The number of rotatable bonds is 3. The molecule has 0 saturated carbocycles. The molecule has 1 aliphatic rings. The minimum atomic E-state index is 0. The smallest absolute Gasteiger partial charge is 0.189 e. The first kappa shape index (κ1) is 18.5. The molecule has 1 aromatic carbocycles. The highest BCUT2D eigenvalue weighted by molar-refractivity contribution is 14.0. The highest BCUT2D eigenvalue weighted by Crippen LogP contribution is 2.31. The van der Waals surface area contributed by atoms with Crippen molar-refractivity contribution < 1.29 is 4.74 Å². The van der Waals surface area contributed by atoms with Crippen molar-refractivity contribution in [3.8, 4) is 5.75 Å². The zero-order valence-electron chi connectivity index (χ0n) is 14.6. The van der Waals surface area contributed by atoms with Crippen molar-refractivity contribution >= 4 is 35.6 Å². The van der Waals surface area contributed by atoms with Crippen molar-refractivity contribution in [2.45, 2.75) is 25.9 Å². The number of hydrogen-bond donors (Lipinski definition) is 2. The van der Waals surface area contributed by atoms with Gasteiger partial charge < -0.3 is 20.2 Å². The summed E-state index contributed by atoms with van der Waals surface area (Å²) < 4.78 is 7.73. The van der Waals surface area contributed by atoms with Crippen LogP contribution in [0.3, 0.4) is 0 Å². The van der Waals surface area contributed by atoms with E-state index in [1.165, 1.54) is 0 Å². The number of benzene rings is 1. The zero-order valence-corrected chi connectivity index (χ0v) is 16.9. The lowest BCUT2D eigenvalue weighted by molar-refractivity contribution is 0.262. The minimum Gasteiger partial charge on any atom is -0.493 e. The molecule has 6 nitrogen and oxygen atoms in total. The molecule has 1 aliphatic heterocycles. The minimum absolute atomic E-state index is 0. The predicted octanol–water partition coefficient (Wildman–Crippen LogP) is 3.19. The summed E-state index contributed by atoms with van der Waals surface area (Å²) in [7, 11) is 0. The molecule has 2 aromatic heterocycles. The number of nitrogens with two attached hydrogens (primary N) is 1. The number of halogens is 1. The maximum atomic E-state index is 6.10. The number of guanidine groups is 1. The van der Waals surface area contributed by atoms with Gasteiger partial charge in [-0.2, -0.15) is 0 Å². The van der Waals surface area contributed by atoms with Gasteiger partial charge in [0.2, 0.25) is 0 Å². The van der Waals surface area contributed by atoms with Gasteiger partial charge in [-0.25, -0.2) is 9.98 Å². The van der Waals surface area contributed by atoms with Crippen LogP contribution in [0.5, 0.6) is 5.75 Å². The molecule has 0 aliphatic carbocycles. The molecule has 0 fully saturated rings. The zero-order chi connectivity index (χ0) is 17.2. The van der Waals surface area contributed by atoms with Gasteiger partial charge in [0, 0.05) is 23.9 Å². The summed E-state index contributed by atoms with van der Waals surface area (Å²) >= 11 is 0. The molecule has 26 heavy (non-hydrogen) atoms. The van der Waals surface area contributed by atoms with E-state index in [0.29, 0.717) is 19.1 Å². The fourth-order valence-corrected chi connectivity index (χ4v) is 3.16. The van der Waals surface area contributed by atoms with Gasteiger partial charge in [0.25, 0.3) is 0 Å². The Bertz CT molecular complexity index is 937. The monoisotopic (exact) mass is 463 g/mol. The molecule has 0 saturated heterocycles. The van der Waals surface area contributed by atoms with Crippen molar-refractivity contribution in [1.82, 2.24) is 14.7 Å². The second-order valence-corrected chi connectivity index (χ2v) is 6.20. The van der Waals surface area contributed by atoms with Gasteiger partial charge in [-0.15, -0.1) is 24.0 Å². The van der Waals surface area contributed by atoms with Crippen molar-refractivity contribution in [1.29, 1.82) is 0 Å². The van der Waals surface area contributed by atoms with Crippen LogP contribution in [0, 0.1) is 6.92 Å². The third-order valence-electron chi connectivity index (χ3n) is 4.44. The molecule has 0 bridgehead atoms. The maximum absolute atomic E-state index is 6.10. The van der Waals surface area contributed by atoms with E-state index in [-0.39, 0.29) is 30.0 Å². The first-order valence-electron chi connectivity index (χ1n) is 8.42. The largest absolute Gasteiger partial charge is 0.493 e. The number of para-hydroxylation sites is 1. The van der Waals surface area contributed by atoms with Crippen molar-refractivity contribution in [2.75, 3.05) is 6.61 Å². The van der Waals surface area contributed by atoms with Gasteiger partial charge in [-0.05, 0) is 25.1 Å². The molecule has 0 spiro atoms. The van der Waals surface area contributed by atoms with E-state index in [2.05, 4.69) is 38.8 Å². The third kappa shape index (κ3) is 3.77. The maximum Gasteiger partial charge on any atom is 0.189 e. The van der Waals surface area contributed by atoms with Crippen LogP contribution in [0.1, 0.15) is 29.4 Å². The average molecular weight is 463 g/mol. The van der Waals surface area contributed by atoms with Crippen LogP contribution < -0.4 is 15.8 Å². The lowest BCUT2D eigenvalue weighted by Crippen LogP contribution is -2.37. The quantitative estimate of drug-likeness (QED) is 0.356.